The van der Waals surface area contributed by atoms with E-state index >= 15 is 0 Å². The standard InChI is InChI=1S/C14H24Cl2O5/c1-3-11(15)9-13(17)20-7-5-19-6-8-21-14(18)10-12(16)4-2/h11-12H,3-10H2,1-2H3. The second-order valence-electron chi connectivity index (χ2n) is 4.47. The predicted octanol–water partition coefficient (Wildman–Crippen LogP) is 2.90. The van der Waals surface area contributed by atoms with Gasteiger partial charge in [-0.25, -0.2) is 0 Å². The van der Waals surface area contributed by atoms with Crippen LogP contribution in [-0.4, -0.2) is 49.1 Å². The van der Waals surface area contributed by atoms with E-state index in [1.54, 1.807) is 0 Å². The van der Waals surface area contributed by atoms with Crippen LogP contribution in [0.2, 0.25) is 0 Å². The molecular formula is C14H24Cl2O5. The molecule has 0 saturated heterocycles. The zero-order valence-corrected chi connectivity index (χ0v) is 14.1. The molecule has 0 aliphatic rings. The SMILES string of the molecule is CCC(Cl)CC(=O)OCCOCCOC(=O)CC(Cl)CC. The predicted molar refractivity (Wildman–Crippen MR) is 81.8 cm³/mol. The summed E-state index contributed by atoms with van der Waals surface area (Å²) in [6, 6.07) is 0. The molecule has 2 atom stereocenters. The second-order valence-corrected chi connectivity index (χ2v) is 5.71. The Hall–Kier alpha value is -0.520. The van der Waals surface area contributed by atoms with Gasteiger partial charge < -0.3 is 14.2 Å². The summed E-state index contributed by atoms with van der Waals surface area (Å²) in [6.07, 6.45) is 1.85. The van der Waals surface area contributed by atoms with Crippen molar-refractivity contribution < 1.29 is 23.8 Å². The third-order valence-corrected chi connectivity index (χ3v) is 3.57. The van der Waals surface area contributed by atoms with E-state index < -0.39 is 0 Å². The fourth-order valence-corrected chi connectivity index (χ4v) is 1.55. The molecule has 0 amide bonds. The third kappa shape index (κ3) is 12.9. The number of carbonyl (C=O) groups excluding carboxylic acids is 2. The van der Waals surface area contributed by atoms with Crippen molar-refractivity contribution in [2.75, 3.05) is 26.4 Å². The van der Waals surface area contributed by atoms with E-state index in [0.29, 0.717) is 0 Å². The van der Waals surface area contributed by atoms with Gasteiger partial charge in [-0.2, -0.15) is 0 Å². The van der Waals surface area contributed by atoms with Gasteiger partial charge in [-0.3, -0.25) is 9.59 Å². The number of alkyl halides is 2. The van der Waals surface area contributed by atoms with E-state index in [9.17, 15) is 9.59 Å². The van der Waals surface area contributed by atoms with Gasteiger partial charge in [0.2, 0.25) is 0 Å². The molecule has 0 spiro atoms. The zero-order valence-electron chi connectivity index (χ0n) is 12.6. The molecule has 124 valence electrons. The van der Waals surface area contributed by atoms with E-state index in [4.69, 9.17) is 37.4 Å². The van der Waals surface area contributed by atoms with E-state index in [1.807, 2.05) is 13.8 Å². The van der Waals surface area contributed by atoms with Gasteiger partial charge in [0.15, 0.2) is 0 Å². The molecule has 0 aromatic carbocycles. The molecule has 0 bridgehead atoms. The smallest absolute Gasteiger partial charge is 0.307 e. The number of rotatable bonds is 12. The Bertz CT molecular complexity index is 271. The van der Waals surface area contributed by atoms with Crippen LogP contribution < -0.4 is 0 Å². The number of esters is 2. The number of carbonyl (C=O) groups is 2. The molecule has 0 aliphatic carbocycles. The molecule has 0 saturated carbocycles. The first-order chi connectivity index (χ1) is 9.99. The Kier molecular flexibility index (Phi) is 12.8. The van der Waals surface area contributed by atoms with E-state index in [-0.39, 0.29) is 62.0 Å². The topological polar surface area (TPSA) is 61.8 Å². The first kappa shape index (κ1) is 20.5. The van der Waals surface area contributed by atoms with Gasteiger partial charge in [-0.05, 0) is 12.8 Å². The van der Waals surface area contributed by atoms with Crippen molar-refractivity contribution in [1.82, 2.24) is 0 Å². The molecule has 21 heavy (non-hydrogen) atoms. The molecule has 0 rings (SSSR count). The minimum Gasteiger partial charge on any atom is -0.463 e. The van der Waals surface area contributed by atoms with Crippen molar-refractivity contribution >= 4 is 35.1 Å². The summed E-state index contributed by atoms with van der Waals surface area (Å²) >= 11 is 11.7. The highest BCUT2D eigenvalue weighted by Gasteiger charge is 2.11. The van der Waals surface area contributed by atoms with Crippen LogP contribution in [0.15, 0.2) is 0 Å². The van der Waals surface area contributed by atoms with Crippen molar-refractivity contribution in [3.05, 3.63) is 0 Å². The van der Waals surface area contributed by atoms with Crippen LogP contribution in [0.1, 0.15) is 39.5 Å². The van der Waals surface area contributed by atoms with Gasteiger partial charge in [-0.1, -0.05) is 13.8 Å². The van der Waals surface area contributed by atoms with Gasteiger partial charge >= 0.3 is 11.9 Å². The quantitative estimate of drug-likeness (QED) is 0.310. The van der Waals surface area contributed by atoms with E-state index in [1.165, 1.54) is 0 Å². The fourth-order valence-electron chi connectivity index (χ4n) is 1.30. The molecular weight excluding hydrogens is 319 g/mol. The van der Waals surface area contributed by atoms with Crippen LogP contribution in [0.4, 0.5) is 0 Å². The molecule has 0 aromatic heterocycles. The molecule has 0 heterocycles. The molecule has 7 heteroatoms. The van der Waals surface area contributed by atoms with Crippen LogP contribution in [0.5, 0.6) is 0 Å². The number of halogens is 2. The fraction of sp³-hybridized carbons (Fsp3) is 0.857. The Balaban J connectivity index is 3.40. The maximum atomic E-state index is 11.3. The van der Waals surface area contributed by atoms with Gasteiger partial charge in [-0.15, -0.1) is 23.2 Å². The summed E-state index contributed by atoms with van der Waals surface area (Å²) in [5.74, 6) is -0.667. The zero-order chi connectivity index (χ0) is 16.1. The minimum absolute atomic E-state index is 0.166. The lowest BCUT2D eigenvalue weighted by atomic mass is 10.2. The average molecular weight is 343 g/mol. The van der Waals surface area contributed by atoms with Crippen LogP contribution in [0, 0.1) is 0 Å². The van der Waals surface area contributed by atoms with Gasteiger partial charge in [0.05, 0.1) is 26.1 Å². The highest BCUT2D eigenvalue weighted by atomic mass is 35.5. The first-order valence-corrected chi connectivity index (χ1v) is 8.03. The number of hydrogen-bond donors (Lipinski definition) is 0. The van der Waals surface area contributed by atoms with Crippen molar-refractivity contribution in [3.8, 4) is 0 Å². The Labute approximate surface area is 136 Å². The van der Waals surface area contributed by atoms with E-state index in [2.05, 4.69) is 0 Å². The summed E-state index contributed by atoms with van der Waals surface area (Å²) < 4.78 is 15.0. The van der Waals surface area contributed by atoms with Crippen molar-refractivity contribution in [2.45, 2.75) is 50.3 Å². The van der Waals surface area contributed by atoms with Crippen LogP contribution in [0.3, 0.4) is 0 Å². The lowest BCUT2D eigenvalue weighted by molar-refractivity contribution is -0.146. The lowest BCUT2D eigenvalue weighted by Gasteiger charge is -2.09. The van der Waals surface area contributed by atoms with Crippen LogP contribution in [-0.2, 0) is 23.8 Å². The molecule has 0 radical (unpaired) electrons. The van der Waals surface area contributed by atoms with Crippen molar-refractivity contribution in [3.63, 3.8) is 0 Å². The van der Waals surface area contributed by atoms with Gasteiger partial charge in [0.25, 0.3) is 0 Å². The minimum atomic E-state index is -0.334. The molecule has 5 nitrogen and oxygen atoms in total. The monoisotopic (exact) mass is 342 g/mol. The lowest BCUT2D eigenvalue weighted by Crippen LogP contribution is -2.17. The Morgan fingerprint density at radius 3 is 1.52 bits per heavy atom. The van der Waals surface area contributed by atoms with Crippen LogP contribution >= 0.6 is 23.2 Å². The molecule has 0 aliphatic heterocycles. The maximum absolute atomic E-state index is 11.3. The van der Waals surface area contributed by atoms with Gasteiger partial charge in [0.1, 0.15) is 13.2 Å². The summed E-state index contributed by atoms with van der Waals surface area (Å²) in [7, 11) is 0. The summed E-state index contributed by atoms with van der Waals surface area (Å²) in [4.78, 5) is 22.6. The normalized spacial score (nSPS) is 13.5. The van der Waals surface area contributed by atoms with Crippen molar-refractivity contribution in [2.24, 2.45) is 0 Å². The molecule has 0 fully saturated rings. The number of ether oxygens (including phenoxy) is 3. The summed E-state index contributed by atoms with van der Waals surface area (Å²) in [6.45, 7) is 4.66. The summed E-state index contributed by atoms with van der Waals surface area (Å²) in [5, 5.41) is -0.376. The maximum Gasteiger partial charge on any atom is 0.307 e. The van der Waals surface area contributed by atoms with Crippen LogP contribution in [0.25, 0.3) is 0 Å². The third-order valence-electron chi connectivity index (χ3n) is 2.64. The highest BCUT2D eigenvalue weighted by Crippen LogP contribution is 2.07. The first-order valence-electron chi connectivity index (χ1n) is 7.16. The Morgan fingerprint density at radius 1 is 0.810 bits per heavy atom. The van der Waals surface area contributed by atoms with Gasteiger partial charge in [0, 0.05) is 10.8 Å². The molecule has 0 N–H and O–H groups in total. The number of hydrogen-bond acceptors (Lipinski definition) is 5. The highest BCUT2D eigenvalue weighted by molar-refractivity contribution is 6.21. The largest absolute Gasteiger partial charge is 0.463 e. The van der Waals surface area contributed by atoms with E-state index in [0.717, 1.165) is 12.8 Å². The molecule has 2 unspecified atom stereocenters. The van der Waals surface area contributed by atoms with Crippen molar-refractivity contribution in [1.29, 1.82) is 0 Å². The average Bonchev–Trinajstić information content (AvgIpc) is 2.45. The molecule has 0 aromatic rings. The second kappa shape index (κ2) is 13.2. The Morgan fingerprint density at radius 2 is 1.19 bits per heavy atom. The summed E-state index contributed by atoms with van der Waals surface area (Å²) in [5.41, 5.74) is 0.